The maximum Gasteiger partial charge on any atom is 0.164 e. The van der Waals surface area contributed by atoms with E-state index in [1.54, 1.807) is 24.4 Å². The van der Waals surface area contributed by atoms with Gasteiger partial charge in [-0.15, -0.1) is 0 Å². The number of nitriles is 1. The van der Waals surface area contributed by atoms with Crippen LogP contribution in [0.3, 0.4) is 0 Å². The summed E-state index contributed by atoms with van der Waals surface area (Å²) in [5, 5.41) is 8.82. The molecule has 0 saturated heterocycles. The molecule has 91 valence electrons. The molecule has 0 fully saturated rings. The second-order valence-electron chi connectivity index (χ2n) is 4.24. The van der Waals surface area contributed by atoms with E-state index in [0.717, 1.165) is 5.56 Å². The largest absolute Gasteiger partial charge is 0.455 e. The number of Topliss-reactive ketones (excluding diaryl/α,β-unsaturated/α-hetero) is 1. The monoisotopic (exact) mass is 249 g/mol. The number of rotatable bonds is 2. The molecule has 0 spiro atoms. The first-order valence-electron chi connectivity index (χ1n) is 5.87. The Morgan fingerprint density at radius 1 is 1.37 bits per heavy atom. The van der Waals surface area contributed by atoms with Crippen molar-refractivity contribution in [1.29, 1.82) is 5.26 Å². The second kappa shape index (κ2) is 4.54. The molecule has 0 unspecified atom stereocenters. The number of pyridine rings is 1. The third-order valence-electron chi connectivity index (χ3n) is 3.01. The number of ketones is 1. The number of ether oxygens (including phenoxy) is 1. The van der Waals surface area contributed by atoms with Gasteiger partial charge in [-0.25, -0.2) is 0 Å². The van der Waals surface area contributed by atoms with Crippen molar-refractivity contribution in [3.05, 3.63) is 53.3 Å². The Labute approximate surface area is 110 Å². The van der Waals surface area contributed by atoms with Gasteiger partial charge in [0.15, 0.2) is 5.78 Å². The summed E-state index contributed by atoms with van der Waals surface area (Å²) in [7, 11) is 0. The summed E-state index contributed by atoms with van der Waals surface area (Å²) in [5.74, 6) is 1.23. The Morgan fingerprint density at radius 2 is 2.26 bits per heavy atom. The average Bonchev–Trinajstić information content (AvgIpc) is 2.82. The fraction of sp³-hybridized carbons (Fsp3) is 0.133. The normalized spacial score (nSPS) is 12.9. The third kappa shape index (κ3) is 2.06. The maximum atomic E-state index is 11.6. The molecule has 0 N–H and O–H groups in total. The van der Waals surface area contributed by atoms with Gasteiger partial charge in [0.1, 0.15) is 17.6 Å². The summed E-state index contributed by atoms with van der Waals surface area (Å²) < 4.78 is 5.73. The number of benzene rings is 1. The number of fused-ring (bicyclic) bond motifs is 1. The van der Waals surface area contributed by atoms with Crippen LogP contribution in [-0.2, 0) is 6.42 Å². The molecule has 1 aromatic carbocycles. The molecule has 0 aliphatic heterocycles. The van der Waals surface area contributed by atoms with Crippen LogP contribution in [-0.4, -0.2) is 10.8 Å². The SMILES string of the molecule is N#Cc1cncc(Oc2cc[c]c3c2CCC3=O)c1. The van der Waals surface area contributed by atoms with Crippen molar-refractivity contribution in [3.63, 3.8) is 0 Å². The number of carbonyl (C=O) groups excluding carboxylic acids is 1. The topological polar surface area (TPSA) is 63.0 Å². The van der Waals surface area contributed by atoms with Crippen molar-refractivity contribution < 1.29 is 9.53 Å². The minimum absolute atomic E-state index is 0.101. The van der Waals surface area contributed by atoms with Crippen molar-refractivity contribution in [2.45, 2.75) is 12.8 Å². The second-order valence-corrected chi connectivity index (χ2v) is 4.24. The van der Waals surface area contributed by atoms with Crippen molar-refractivity contribution >= 4 is 5.78 Å². The minimum Gasteiger partial charge on any atom is -0.455 e. The van der Waals surface area contributed by atoms with Crippen molar-refractivity contribution in [2.24, 2.45) is 0 Å². The van der Waals surface area contributed by atoms with Gasteiger partial charge in [-0.3, -0.25) is 9.78 Å². The minimum atomic E-state index is 0.101. The predicted molar refractivity (Wildman–Crippen MR) is 67.0 cm³/mol. The van der Waals surface area contributed by atoms with E-state index in [-0.39, 0.29) is 5.78 Å². The molecule has 3 rings (SSSR count). The molecular weight excluding hydrogens is 240 g/mol. The highest BCUT2D eigenvalue weighted by Gasteiger charge is 2.23. The number of aromatic nitrogens is 1. The summed E-state index contributed by atoms with van der Waals surface area (Å²) in [6, 6.07) is 10.0. The lowest BCUT2D eigenvalue weighted by Crippen LogP contribution is -1.94. The van der Waals surface area contributed by atoms with Gasteiger partial charge in [0.25, 0.3) is 0 Å². The summed E-state index contributed by atoms with van der Waals surface area (Å²) in [6.07, 6.45) is 4.19. The van der Waals surface area contributed by atoms with Gasteiger partial charge < -0.3 is 4.74 Å². The molecule has 0 atom stereocenters. The van der Waals surface area contributed by atoms with E-state index < -0.39 is 0 Å². The van der Waals surface area contributed by atoms with Gasteiger partial charge >= 0.3 is 0 Å². The van der Waals surface area contributed by atoms with Crippen LogP contribution in [0, 0.1) is 17.4 Å². The fourth-order valence-electron chi connectivity index (χ4n) is 2.13. The molecule has 0 saturated carbocycles. The van der Waals surface area contributed by atoms with Crippen molar-refractivity contribution in [2.75, 3.05) is 0 Å². The quantitative estimate of drug-likeness (QED) is 0.820. The maximum absolute atomic E-state index is 11.6. The number of carbonyl (C=O) groups is 1. The van der Waals surface area contributed by atoms with Gasteiger partial charge in [0.2, 0.25) is 0 Å². The van der Waals surface area contributed by atoms with Gasteiger partial charge in [-0.1, -0.05) is 0 Å². The van der Waals surface area contributed by atoms with E-state index in [2.05, 4.69) is 11.1 Å². The third-order valence-corrected chi connectivity index (χ3v) is 3.01. The fourth-order valence-corrected chi connectivity index (χ4v) is 2.13. The smallest absolute Gasteiger partial charge is 0.164 e. The first-order chi connectivity index (χ1) is 9.28. The molecule has 4 heteroatoms. The summed E-state index contributed by atoms with van der Waals surface area (Å²) in [6.45, 7) is 0. The highest BCUT2D eigenvalue weighted by molar-refractivity contribution is 6.00. The average molecular weight is 249 g/mol. The van der Waals surface area contributed by atoms with Crippen LogP contribution in [0.4, 0.5) is 0 Å². The molecule has 4 nitrogen and oxygen atoms in total. The predicted octanol–water partition coefficient (Wildman–Crippen LogP) is 2.67. The highest BCUT2D eigenvalue weighted by Crippen LogP contribution is 2.33. The van der Waals surface area contributed by atoms with Crippen molar-refractivity contribution in [3.8, 4) is 17.6 Å². The Balaban J connectivity index is 1.96. The Kier molecular flexibility index (Phi) is 2.73. The lowest BCUT2D eigenvalue weighted by molar-refractivity contribution is 0.0994. The van der Waals surface area contributed by atoms with E-state index in [4.69, 9.17) is 10.00 Å². The molecule has 1 radical (unpaired) electrons. The number of hydrogen-bond acceptors (Lipinski definition) is 4. The van der Waals surface area contributed by atoms with Crippen LogP contribution in [0.15, 0.2) is 30.6 Å². The number of hydrogen-bond donors (Lipinski definition) is 0. The summed E-state index contributed by atoms with van der Waals surface area (Å²) in [4.78, 5) is 15.6. The molecule has 19 heavy (non-hydrogen) atoms. The van der Waals surface area contributed by atoms with Crippen LogP contribution in [0.2, 0.25) is 0 Å². The van der Waals surface area contributed by atoms with E-state index >= 15 is 0 Å². The Bertz CT molecular complexity index is 702. The van der Waals surface area contributed by atoms with E-state index in [1.807, 2.05) is 6.07 Å². The molecule has 1 aromatic heterocycles. The lowest BCUT2D eigenvalue weighted by atomic mass is 10.1. The number of nitrogens with zero attached hydrogens (tertiary/aromatic N) is 2. The molecule has 0 bridgehead atoms. The van der Waals surface area contributed by atoms with Crippen LogP contribution < -0.4 is 4.74 Å². The Hall–Kier alpha value is -2.67. The molecule has 0 amide bonds. The first kappa shape index (κ1) is 11.4. The van der Waals surface area contributed by atoms with E-state index in [1.165, 1.54) is 6.20 Å². The zero-order valence-electron chi connectivity index (χ0n) is 10.0. The molecule has 1 aliphatic rings. The van der Waals surface area contributed by atoms with Gasteiger partial charge in [-0.05, 0) is 24.6 Å². The van der Waals surface area contributed by atoms with Gasteiger partial charge in [0, 0.05) is 29.8 Å². The van der Waals surface area contributed by atoms with Crippen LogP contribution in [0.25, 0.3) is 0 Å². The van der Waals surface area contributed by atoms with E-state index in [0.29, 0.717) is 35.5 Å². The molecular formula is C15H9N2O2. The summed E-state index contributed by atoms with van der Waals surface area (Å²) >= 11 is 0. The molecule has 1 heterocycles. The van der Waals surface area contributed by atoms with E-state index in [9.17, 15) is 4.79 Å². The van der Waals surface area contributed by atoms with Crippen LogP contribution >= 0.6 is 0 Å². The van der Waals surface area contributed by atoms with Gasteiger partial charge in [-0.2, -0.15) is 5.26 Å². The van der Waals surface area contributed by atoms with Gasteiger partial charge in [0.05, 0.1) is 11.8 Å². The Morgan fingerprint density at radius 3 is 3.11 bits per heavy atom. The molecule has 1 aliphatic carbocycles. The van der Waals surface area contributed by atoms with Crippen molar-refractivity contribution in [1.82, 2.24) is 4.98 Å². The first-order valence-corrected chi connectivity index (χ1v) is 5.87. The lowest BCUT2D eigenvalue weighted by Gasteiger charge is -2.09. The zero-order valence-corrected chi connectivity index (χ0v) is 10.0. The zero-order chi connectivity index (χ0) is 13.2. The van der Waals surface area contributed by atoms with Crippen LogP contribution in [0.1, 0.15) is 27.9 Å². The standard InChI is InChI=1S/C15H9N2O2/c16-7-10-6-11(9-17-8-10)19-15-3-1-2-12-13(15)4-5-14(12)18/h1,3,6,8-9H,4-5H2. The highest BCUT2D eigenvalue weighted by atomic mass is 16.5. The molecule has 2 aromatic rings. The van der Waals surface area contributed by atoms with Crippen LogP contribution in [0.5, 0.6) is 11.5 Å². The summed E-state index contributed by atoms with van der Waals surface area (Å²) in [5.41, 5.74) is 1.93.